The van der Waals surface area contributed by atoms with Gasteiger partial charge in [-0.05, 0) is 12.8 Å². The van der Waals surface area contributed by atoms with Crippen molar-refractivity contribution in [3.05, 3.63) is 0 Å². The zero-order chi connectivity index (χ0) is 15.0. The lowest BCUT2D eigenvalue weighted by Gasteiger charge is -2.22. The smallest absolute Gasteiger partial charge is 0.0993 e. The van der Waals surface area contributed by atoms with Crippen molar-refractivity contribution < 1.29 is 25.5 Å². The Morgan fingerprint density at radius 3 is 2.00 bits per heavy atom. The van der Waals surface area contributed by atoms with Gasteiger partial charge in [-0.2, -0.15) is 0 Å². The Kier molecular flexibility index (Phi) is 8.60. The fourth-order valence-corrected chi connectivity index (χ4v) is 2.75. The zero-order valence-corrected chi connectivity index (χ0v) is 12.0. The summed E-state index contributed by atoms with van der Waals surface area (Å²) in [5, 5.41) is 50.1. The molecule has 0 amide bonds. The van der Waals surface area contributed by atoms with E-state index in [1.165, 1.54) is 0 Å². The third-order valence-corrected chi connectivity index (χ3v) is 4.06. The molecule has 1 fully saturated rings. The minimum Gasteiger partial charge on any atom is -0.396 e. The van der Waals surface area contributed by atoms with Gasteiger partial charge in [0.2, 0.25) is 0 Å². The minimum atomic E-state index is -1.04. The molecule has 0 aromatic heterocycles. The van der Waals surface area contributed by atoms with Crippen molar-refractivity contribution in [3.63, 3.8) is 0 Å². The van der Waals surface area contributed by atoms with Crippen LogP contribution in [-0.2, 0) is 0 Å². The highest BCUT2D eigenvalue weighted by atomic mass is 16.3. The van der Waals surface area contributed by atoms with E-state index in [4.69, 9.17) is 10.2 Å². The molecule has 0 aromatic rings. The second-order valence-electron chi connectivity index (χ2n) is 5.66. The molecule has 0 radical (unpaired) electrons. The molecule has 1 saturated heterocycles. The maximum absolute atomic E-state index is 10.0. The Labute approximate surface area is 120 Å². The van der Waals surface area contributed by atoms with E-state index >= 15 is 0 Å². The van der Waals surface area contributed by atoms with Gasteiger partial charge in [0, 0.05) is 6.61 Å². The van der Waals surface area contributed by atoms with Crippen molar-refractivity contribution in [1.82, 2.24) is 5.32 Å². The van der Waals surface area contributed by atoms with E-state index in [0.717, 1.165) is 38.5 Å². The molecule has 120 valence electrons. The van der Waals surface area contributed by atoms with Gasteiger partial charge in [-0.3, -0.25) is 0 Å². The van der Waals surface area contributed by atoms with Crippen LogP contribution in [0.3, 0.4) is 0 Å². The van der Waals surface area contributed by atoms with Crippen LogP contribution < -0.4 is 5.32 Å². The van der Waals surface area contributed by atoms with Crippen LogP contribution in [0.4, 0.5) is 0 Å². The third-order valence-electron chi connectivity index (χ3n) is 4.06. The fraction of sp³-hybridized carbons (Fsp3) is 1.00. The summed E-state index contributed by atoms with van der Waals surface area (Å²) in [5.74, 6) is 0. The van der Waals surface area contributed by atoms with Crippen LogP contribution in [-0.4, -0.2) is 69.1 Å². The second kappa shape index (κ2) is 9.65. The molecule has 20 heavy (non-hydrogen) atoms. The summed E-state index contributed by atoms with van der Waals surface area (Å²) >= 11 is 0. The normalized spacial score (nSPS) is 31.6. The van der Waals surface area contributed by atoms with Crippen LogP contribution in [0.2, 0.25) is 0 Å². The lowest BCUT2D eigenvalue weighted by atomic mass is 9.99. The summed E-state index contributed by atoms with van der Waals surface area (Å²) < 4.78 is 0. The van der Waals surface area contributed by atoms with E-state index in [1.54, 1.807) is 0 Å². The van der Waals surface area contributed by atoms with Crippen LogP contribution in [0, 0.1) is 0 Å². The monoisotopic (exact) mass is 291 g/mol. The number of unbranched alkanes of at least 4 members (excludes halogenated alkanes) is 5. The van der Waals surface area contributed by atoms with Gasteiger partial charge in [0.1, 0.15) is 0 Å². The first-order valence-electron chi connectivity index (χ1n) is 7.63. The molecule has 6 N–H and O–H groups in total. The first-order valence-corrected chi connectivity index (χ1v) is 7.63. The van der Waals surface area contributed by atoms with Crippen molar-refractivity contribution in [2.45, 2.75) is 75.3 Å². The molecular weight excluding hydrogens is 262 g/mol. The third kappa shape index (κ3) is 5.27. The van der Waals surface area contributed by atoms with Crippen molar-refractivity contribution in [2.75, 3.05) is 13.2 Å². The van der Waals surface area contributed by atoms with E-state index in [2.05, 4.69) is 5.32 Å². The summed E-state index contributed by atoms with van der Waals surface area (Å²) in [7, 11) is 0. The van der Waals surface area contributed by atoms with Gasteiger partial charge in [0.15, 0.2) is 0 Å². The van der Waals surface area contributed by atoms with Gasteiger partial charge in [0.25, 0.3) is 0 Å². The molecule has 1 heterocycles. The number of aliphatic hydroxyl groups excluding tert-OH is 5. The number of rotatable bonds is 10. The van der Waals surface area contributed by atoms with Gasteiger partial charge < -0.3 is 30.8 Å². The standard InChI is InChI=1S/C14H29NO5/c16-8-6-4-2-1-3-5-7-11(18)12-14(20)13(19)10(9-17)15-12/h10-20H,1-9H2/t10-,11?,12-,13+,14-/m0/s1. The molecule has 0 aromatic carbocycles. The van der Waals surface area contributed by atoms with Crippen LogP contribution in [0.25, 0.3) is 0 Å². The second-order valence-corrected chi connectivity index (χ2v) is 5.66. The molecule has 0 spiro atoms. The molecule has 1 unspecified atom stereocenters. The highest BCUT2D eigenvalue weighted by Crippen LogP contribution is 2.20. The van der Waals surface area contributed by atoms with E-state index in [-0.39, 0.29) is 13.2 Å². The molecule has 0 saturated carbocycles. The summed E-state index contributed by atoms with van der Waals surface area (Å²) in [6.45, 7) is -0.00932. The molecule has 5 atom stereocenters. The van der Waals surface area contributed by atoms with E-state index < -0.39 is 30.4 Å². The van der Waals surface area contributed by atoms with Crippen LogP contribution in [0.5, 0.6) is 0 Å². The van der Waals surface area contributed by atoms with E-state index in [0.29, 0.717) is 6.42 Å². The summed E-state index contributed by atoms with van der Waals surface area (Å²) in [5.41, 5.74) is 0. The lowest BCUT2D eigenvalue weighted by Crippen LogP contribution is -2.44. The Bertz CT molecular complexity index is 254. The number of nitrogens with one attached hydrogen (secondary N) is 1. The molecular formula is C14H29NO5. The summed E-state index contributed by atoms with van der Waals surface area (Å²) in [6.07, 6.45) is 3.72. The summed E-state index contributed by atoms with van der Waals surface area (Å²) in [6, 6.07) is -1.14. The highest BCUT2D eigenvalue weighted by Gasteiger charge is 2.43. The number of aliphatic hydroxyl groups is 5. The van der Waals surface area contributed by atoms with Crippen molar-refractivity contribution in [1.29, 1.82) is 0 Å². The van der Waals surface area contributed by atoms with Crippen LogP contribution in [0.15, 0.2) is 0 Å². The van der Waals surface area contributed by atoms with Gasteiger partial charge in [-0.25, -0.2) is 0 Å². The van der Waals surface area contributed by atoms with Gasteiger partial charge in [0.05, 0.1) is 37.0 Å². The first-order chi connectivity index (χ1) is 9.61. The maximum Gasteiger partial charge on any atom is 0.0993 e. The lowest BCUT2D eigenvalue weighted by molar-refractivity contribution is -0.00443. The van der Waals surface area contributed by atoms with Crippen molar-refractivity contribution in [3.8, 4) is 0 Å². The Hall–Kier alpha value is -0.240. The Morgan fingerprint density at radius 2 is 1.45 bits per heavy atom. The highest BCUT2D eigenvalue weighted by molar-refractivity contribution is 5.00. The first kappa shape index (κ1) is 17.8. The van der Waals surface area contributed by atoms with Gasteiger partial charge >= 0.3 is 0 Å². The predicted octanol–water partition coefficient (Wildman–Crippen LogP) is -0.875. The van der Waals surface area contributed by atoms with Crippen LogP contribution in [0.1, 0.15) is 44.9 Å². The molecule has 0 aliphatic carbocycles. The number of hydrogen-bond donors (Lipinski definition) is 6. The van der Waals surface area contributed by atoms with E-state index in [9.17, 15) is 15.3 Å². The largest absolute Gasteiger partial charge is 0.396 e. The van der Waals surface area contributed by atoms with Crippen molar-refractivity contribution in [2.24, 2.45) is 0 Å². The van der Waals surface area contributed by atoms with Gasteiger partial charge in [-0.15, -0.1) is 0 Å². The molecule has 0 bridgehead atoms. The topological polar surface area (TPSA) is 113 Å². The molecule has 1 rings (SSSR count). The molecule has 1 aliphatic rings. The summed E-state index contributed by atoms with van der Waals surface area (Å²) in [4.78, 5) is 0. The average molecular weight is 291 g/mol. The van der Waals surface area contributed by atoms with E-state index in [1.807, 2.05) is 0 Å². The minimum absolute atomic E-state index is 0.248. The Morgan fingerprint density at radius 1 is 0.850 bits per heavy atom. The predicted molar refractivity (Wildman–Crippen MR) is 75.2 cm³/mol. The fourth-order valence-electron chi connectivity index (χ4n) is 2.75. The molecule has 1 aliphatic heterocycles. The SMILES string of the molecule is OCCCCCCCCC(O)[C@@H]1N[C@@H](CO)[C@@H](O)[C@H]1O. The quantitative estimate of drug-likeness (QED) is 0.292. The van der Waals surface area contributed by atoms with Crippen molar-refractivity contribution >= 4 is 0 Å². The Balaban J connectivity index is 2.15. The van der Waals surface area contributed by atoms with Gasteiger partial charge in [-0.1, -0.05) is 32.1 Å². The van der Waals surface area contributed by atoms with Crippen LogP contribution >= 0.6 is 0 Å². The maximum atomic E-state index is 10.0. The molecule has 6 heteroatoms. The number of hydrogen-bond acceptors (Lipinski definition) is 6. The molecule has 6 nitrogen and oxygen atoms in total. The zero-order valence-electron chi connectivity index (χ0n) is 12.0. The average Bonchev–Trinajstić information content (AvgIpc) is 2.74.